The molecule has 0 fully saturated rings. The second-order valence-electron chi connectivity index (χ2n) is 2.84. The van der Waals surface area contributed by atoms with Gasteiger partial charge in [-0.1, -0.05) is 0 Å². The highest BCUT2D eigenvalue weighted by atomic mass is 16.4. The first-order valence-corrected chi connectivity index (χ1v) is 3.92. The van der Waals surface area contributed by atoms with E-state index in [4.69, 9.17) is 15.3 Å². The maximum atomic E-state index is 10.6. The maximum Gasteiger partial charge on any atom is 0.307 e. The molecule has 0 bridgehead atoms. The number of carbonyl (C=O) groups excluding carboxylic acids is 1. The molecule has 83 valence electrons. The van der Waals surface area contributed by atoms with Crippen molar-refractivity contribution in [2.45, 2.75) is 12.8 Å². The lowest BCUT2D eigenvalue weighted by Crippen LogP contribution is -2.32. The van der Waals surface area contributed by atoms with Crippen molar-refractivity contribution < 1.29 is 34.5 Å². The molecule has 0 aliphatic rings. The third-order valence-corrected chi connectivity index (χ3v) is 1.82. The average Bonchev–Trinajstić information content (AvgIpc) is 2.09. The summed E-state index contributed by atoms with van der Waals surface area (Å²) >= 11 is 0. The van der Waals surface area contributed by atoms with Crippen molar-refractivity contribution in [1.29, 1.82) is 0 Å². The first-order chi connectivity index (χ1) is 6.90. The molecule has 2 unspecified atom stereocenters. The van der Waals surface area contributed by atoms with Crippen LogP contribution in [0.15, 0.2) is 0 Å². The van der Waals surface area contributed by atoms with E-state index in [9.17, 15) is 19.2 Å². The Balaban J connectivity index is 4.82. The summed E-state index contributed by atoms with van der Waals surface area (Å²) in [7, 11) is 0. The molecule has 0 amide bonds. The zero-order valence-electron chi connectivity index (χ0n) is 7.54. The van der Waals surface area contributed by atoms with Crippen LogP contribution in [0.1, 0.15) is 12.8 Å². The number of aliphatic carboxylic acids is 3. The van der Waals surface area contributed by atoms with Crippen LogP contribution in [0.4, 0.5) is 0 Å². The molecule has 0 heterocycles. The first-order valence-electron chi connectivity index (χ1n) is 3.92. The smallest absolute Gasteiger partial charge is 0.307 e. The Morgan fingerprint density at radius 2 is 1.47 bits per heavy atom. The Morgan fingerprint density at radius 1 is 1.00 bits per heavy atom. The summed E-state index contributed by atoms with van der Waals surface area (Å²) in [5.41, 5.74) is 0. The summed E-state index contributed by atoms with van der Waals surface area (Å²) in [5.74, 6) is -7.69. The number of carboxylic acid groups (broad SMARTS) is 3. The van der Waals surface area contributed by atoms with Crippen molar-refractivity contribution in [3.63, 3.8) is 0 Å². The van der Waals surface area contributed by atoms with Gasteiger partial charge in [0.05, 0.1) is 18.3 Å². The molecule has 1 radical (unpaired) electrons. The van der Waals surface area contributed by atoms with Gasteiger partial charge in [0.1, 0.15) is 0 Å². The minimum Gasteiger partial charge on any atom is -0.481 e. The van der Waals surface area contributed by atoms with Crippen molar-refractivity contribution >= 4 is 24.2 Å². The summed E-state index contributed by atoms with van der Waals surface area (Å²) < 4.78 is 0. The Kier molecular flexibility index (Phi) is 5.00. The van der Waals surface area contributed by atoms with Crippen LogP contribution in [-0.2, 0) is 19.2 Å². The zero-order chi connectivity index (χ0) is 12.0. The van der Waals surface area contributed by atoms with E-state index in [1.165, 1.54) is 6.29 Å². The van der Waals surface area contributed by atoms with Gasteiger partial charge in [-0.3, -0.25) is 19.2 Å². The van der Waals surface area contributed by atoms with Gasteiger partial charge in [0.2, 0.25) is 0 Å². The quantitative estimate of drug-likeness (QED) is 0.517. The fourth-order valence-electron chi connectivity index (χ4n) is 1.08. The second kappa shape index (κ2) is 5.74. The van der Waals surface area contributed by atoms with Gasteiger partial charge >= 0.3 is 17.9 Å². The van der Waals surface area contributed by atoms with Gasteiger partial charge in [-0.2, -0.15) is 0 Å². The molecule has 0 aromatic carbocycles. The summed E-state index contributed by atoms with van der Waals surface area (Å²) in [5, 5.41) is 25.6. The molecule has 2 atom stereocenters. The molecule has 0 aliphatic heterocycles. The largest absolute Gasteiger partial charge is 0.481 e. The van der Waals surface area contributed by atoms with Crippen molar-refractivity contribution in [1.82, 2.24) is 0 Å². The van der Waals surface area contributed by atoms with Gasteiger partial charge in [-0.15, -0.1) is 0 Å². The van der Waals surface area contributed by atoms with Gasteiger partial charge < -0.3 is 15.3 Å². The van der Waals surface area contributed by atoms with Gasteiger partial charge in [-0.25, -0.2) is 0 Å². The van der Waals surface area contributed by atoms with Gasteiger partial charge in [0, 0.05) is 6.42 Å². The number of carboxylic acids is 3. The van der Waals surface area contributed by atoms with E-state index in [2.05, 4.69) is 0 Å². The van der Waals surface area contributed by atoms with E-state index >= 15 is 0 Å². The van der Waals surface area contributed by atoms with Gasteiger partial charge in [0.25, 0.3) is 0 Å². The summed E-state index contributed by atoms with van der Waals surface area (Å²) in [6, 6.07) is 0. The van der Waals surface area contributed by atoms with Crippen LogP contribution in [0.2, 0.25) is 0 Å². The highest BCUT2D eigenvalue weighted by molar-refractivity contribution is 5.85. The number of rotatable bonds is 7. The molecular formula is C8H9O7. The lowest BCUT2D eigenvalue weighted by molar-refractivity contribution is -0.156. The van der Waals surface area contributed by atoms with E-state index in [0.717, 1.165) is 0 Å². The fourth-order valence-corrected chi connectivity index (χ4v) is 1.08. The summed E-state index contributed by atoms with van der Waals surface area (Å²) in [4.78, 5) is 41.5. The average molecular weight is 217 g/mol. The third-order valence-electron chi connectivity index (χ3n) is 1.82. The molecule has 0 saturated heterocycles. The third kappa shape index (κ3) is 4.21. The molecule has 7 heteroatoms. The Labute approximate surface area is 84.3 Å². The van der Waals surface area contributed by atoms with Crippen LogP contribution in [-0.4, -0.2) is 39.5 Å². The molecule has 0 aromatic rings. The zero-order valence-corrected chi connectivity index (χ0v) is 7.54. The van der Waals surface area contributed by atoms with Crippen molar-refractivity contribution in [3.05, 3.63) is 0 Å². The van der Waals surface area contributed by atoms with Crippen molar-refractivity contribution in [2.75, 3.05) is 0 Å². The molecule has 0 rings (SSSR count). The number of hydrogen-bond acceptors (Lipinski definition) is 4. The molecule has 15 heavy (non-hydrogen) atoms. The lowest BCUT2D eigenvalue weighted by atomic mass is 9.87. The molecule has 0 aromatic heterocycles. The van der Waals surface area contributed by atoms with Crippen LogP contribution >= 0.6 is 0 Å². The van der Waals surface area contributed by atoms with E-state index in [-0.39, 0.29) is 0 Å². The monoisotopic (exact) mass is 217 g/mol. The summed E-state index contributed by atoms with van der Waals surface area (Å²) in [6.07, 6.45) is -0.208. The van der Waals surface area contributed by atoms with E-state index in [0.29, 0.717) is 0 Å². The highest BCUT2D eigenvalue weighted by Crippen LogP contribution is 2.19. The SMILES string of the molecule is O=[C]CC(C(=O)O)C(CC(=O)O)C(=O)O. The molecule has 0 aliphatic carbocycles. The normalized spacial score (nSPS) is 13.9. The number of hydrogen-bond donors (Lipinski definition) is 3. The molecule has 0 spiro atoms. The molecule has 3 N–H and O–H groups in total. The topological polar surface area (TPSA) is 129 Å². The minimum absolute atomic E-state index is 0.639. The minimum atomic E-state index is -1.62. The van der Waals surface area contributed by atoms with Crippen LogP contribution in [0.25, 0.3) is 0 Å². The molecule has 0 saturated carbocycles. The number of carbonyl (C=O) groups is 3. The van der Waals surface area contributed by atoms with Crippen LogP contribution in [0.3, 0.4) is 0 Å². The highest BCUT2D eigenvalue weighted by Gasteiger charge is 2.35. The van der Waals surface area contributed by atoms with Crippen LogP contribution in [0, 0.1) is 11.8 Å². The van der Waals surface area contributed by atoms with Crippen molar-refractivity contribution in [2.24, 2.45) is 11.8 Å². The van der Waals surface area contributed by atoms with Gasteiger partial charge in [-0.05, 0) is 0 Å². The van der Waals surface area contributed by atoms with Crippen LogP contribution in [0.5, 0.6) is 0 Å². The summed E-state index contributed by atoms with van der Waals surface area (Å²) in [6.45, 7) is 0. The first kappa shape index (κ1) is 13.1. The van der Waals surface area contributed by atoms with E-state index in [1.807, 2.05) is 0 Å². The fraction of sp³-hybridized carbons (Fsp3) is 0.500. The Hall–Kier alpha value is -1.92. The second-order valence-corrected chi connectivity index (χ2v) is 2.84. The molecular weight excluding hydrogens is 208 g/mol. The van der Waals surface area contributed by atoms with Crippen LogP contribution < -0.4 is 0 Å². The van der Waals surface area contributed by atoms with E-state index in [1.54, 1.807) is 0 Å². The molecule has 7 nitrogen and oxygen atoms in total. The lowest BCUT2D eigenvalue weighted by Gasteiger charge is -2.15. The van der Waals surface area contributed by atoms with E-state index < -0.39 is 42.6 Å². The van der Waals surface area contributed by atoms with Crippen molar-refractivity contribution in [3.8, 4) is 0 Å². The van der Waals surface area contributed by atoms with Gasteiger partial charge in [0.15, 0.2) is 6.29 Å². The predicted molar refractivity (Wildman–Crippen MR) is 44.8 cm³/mol. The Morgan fingerprint density at radius 3 is 1.73 bits per heavy atom. The standard InChI is InChI=1S/C8H9O7/c9-2-1-4(7(12)13)5(8(14)15)3-6(10)11/h4-5H,1,3H2,(H,10,11)(H,12,13)(H,14,15). The Bertz CT molecular complexity index is 283. The predicted octanol–water partition coefficient (Wildman–Crippen LogP) is -0.638. The maximum absolute atomic E-state index is 10.6.